The van der Waals surface area contributed by atoms with Gasteiger partial charge in [-0.15, -0.1) is 0 Å². The van der Waals surface area contributed by atoms with E-state index in [1.165, 1.54) is 7.05 Å². The molecular formula is C8H14N2O3. The van der Waals surface area contributed by atoms with Gasteiger partial charge in [0.1, 0.15) is 5.54 Å². The molecule has 0 unspecified atom stereocenters. The summed E-state index contributed by atoms with van der Waals surface area (Å²) in [5, 5.41) is 14.1. The molecule has 13 heavy (non-hydrogen) atoms. The largest absolute Gasteiger partial charge is 0.480 e. The number of hydrogen-bond donors (Lipinski definition) is 3. The highest BCUT2D eigenvalue weighted by Gasteiger charge is 2.44. The lowest BCUT2D eigenvalue weighted by Crippen LogP contribution is -2.59. The SMILES string of the molecule is CNC(=O)CNC1(C(=O)O)CCC1. The fraction of sp³-hybridized carbons (Fsp3) is 0.750. The van der Waals surface area contributed by atoms with Crippen LogP contribution in [0.3, 0.4) is 0 Å². The zero-order valence-electron chi connectivity index (χ0n) is 7.59. The van der Waals surface area contributed by atoms with Crippen LogP contribution in [0, 0.1) is 0 Å². The molecule has 5 nitrogen and oxygen atoms in total. The van der Waals surface area contributed by atoms with Gasteiger partial charge in [0.2, 0.25) is 5.91 Å². The summed E-state index contributed by atoms with van der Waals surface area (Å²) in [5.41, 5.74) is -0.841. The van der Waals surface area contributed by atoms with E-state index in [-0.39, 0.29) is 12.5 Å². The second-order valence-corrected chi connectivity index (χ2v) is 3.27. The molecule has 1 rings (SSSR count). The maximum atomic E-state index is 10.9. The van der Waals surface area contributed by atoms with Crippen LogP contribution in [0.2, 0.25) is 0 Å². The quantitative estimate of drug-likeness (QED) is 0.544. The Kier molecular flexibility index (Phi) is 2.87. The molecule has 0 aromatic heterocycles. The van der Waals surface area contributed by atoms with Gasteiger partial charge in [0, 0.05) is 7.05 Å². The third kappa shape index (κ3) is 1.98. The number of carbonyl (C=O) groups is 2. The molecule has 0 bridgehead atoms. The molecule has 1 aliphatic rings. The van der Waals surface area contributed by atoms with Crippen LogP contribution in [0.4, 0.5) is 0 Å². The van der Waals surface area contributed by atoms with Crippen LogP contribution in [0.15, 0.2) is 0 Å². The van der Waals surface area contributed by atoms with E-state index in [2.05, 4.69) is 10.6 Å². The number of rotatable bonds is 4. The minimum Gasteiger partial charge on any atom is -0.480 e. The predicted octanol–water partition coefficient (Wildman–Crippen LogP) is -0.671. The van der Waals surface area contributed by atoms with Crippen molar-refractivity contribution in [2.24, 2.45) is 0 Å². The van der Waals surface area contributed by atoms with Crippen molar-refractivity contribution < 1.29 is 14.7 Å². The van der Waals surface area contributed by atoms with Crippen LogP contribution in [0.5, 0.6) is 0 Å². The fourth-order valence-corrected chi connectivity index (χ4v) is 1.33. The summed E-state index contributed by atoms with van der Waals surface area (Å²) in [6, 6.07) is 0. The molecule has 0 atom stereocenters. The predicted molar refractivity (Wildman–Crippen MR) is 46.3 cm³/mol. The summed E-state index contributed by atoms with van der Waals surface area (Å²) in [6.45, 7) is 0.0722. The van der Waals surface area contributed by atoms with E-state index in [1.807, 2.05) is 0 Å². The van der Waals surface area contributed by atoms with Gasteiger partial charge in [-0.05, 0) is 19.3 Å². The maximum absolute atomic E-state index is 10.9. The van der Waals surface area contributed by atoms with E-state index in [0.29, 0.717) is 12.8 Å². The van der Waals surface area contributed by atoms with Crippen molar-refractivity contribution in [3.05, 3.63) is 0 Å². The van der Waals surface area contributed by atoms with Crippen molar-refractivity contribution in [1.82, 2.24) is 10.6 Å². The summed E-state index contributed by atoms with van der Waals surface area (Å²) in [6.07, 6.45) is 2.13. The molecule has 1 aliphatic carbocycles. The lowest BCUT2D eigenvalue weighted by atomic mass is 9.77. The first-order valence-electron chi connectivity index (χ1n) is 4.30. The van der Waals surface area contributed by atoms with Gasteiger partial charge >= 0.3 is 5.97 Å². The van der Waals surface area contributed by atoms with E-state index in [0.717, 1.165) is 6.42 Å². The first-order valence-corrected chi connectivity index (χ1v) is 4.30. The second-order valence-electron chi connectivity index (χ2n) is 3.27. The molecule has 0 aromatic rings. The Morgan fingerprint density at radius 3 is 2.38 bits per heavy atom. The van der Waals surface area contributed by atoms with Gasteiger partial charge in [-0.3, -0.25) is 14.9 Å². The fourth-order valence-electron chi connectivity index (χ4n) is 1.33. The Balaban J connectivity index is 2.41. The Morgan fingerprint density at radius 1 is 1.46 bits per heavy atom. The molecule has 5 heteroatoms. The smallest absolute Gasteiger partial charge is 0.323 e. The zero-order valence-corrected chi connectivity index (χ0v) is 7.59. The van der Waals surface area contributed by atoms with E-state index in [9.17, 15) is 9.59 Å². The van der Waals surface area contributed by atoms with Crippen LogP contribution >= 0.6 is 0 Å². The summed E-state index contributed by atoms with van der Waals surface area (Å²) in [7, 11) is 1.53. The first kappa shape index (κ1) is 9.98. The van der Waals surface area contributed by atoms with Gasteiger partial charge < -0.3 is 10.4 Å². The highest BCUT2D eigenvalue weighted by molar-refractivity contribution is 5.82. The lowest BCUT2D eigenvalue weighted by Gasteiger charge is -2.38. The van der Waals surface area contributed by atoms with Crippen molar-refractivity contribution in [2.45, 2.75) is 24.8 Å². The van der Waals surface area contributed by atoms with Crippen LogP contribution in [-0.2, 0) is 9.59 Å². The summed E-state index contributed by atoms with van der Waals surface area (Å²) in [4.78, 5) is 21.7. The standard InChI is InChI=1S/C8H14N2O3/c1-9-6(11)5-10-8(7(12)13)3-2-4-8/h10H,2-5H2,1H3,(H,9,11)(H,12,13). The Morgan fingerprint density at radius 2 is 2.08 bits per heavy atom. The van der Waals surface area contributed by atoms with Gasteiger partial charge in [-0.1, -0.05) is 0 Å². The van der Waals surface area contributed by atoms with Crippen molar-refractivity contribution in [3.8, 4) is 0 Å². The monoisotopic (exact) mass is 186 g/mol. The van der Waals surface area contributed by atoms with Crippen LogP contribution in [0.25, 0.3) is 0 Å². The molecule has 0 aromatic carbocycles. The van der Waals surface area contributed by atoms with Gasteiger partial charge in [-0.2, -0.15) is 0 Å². The number of hydrogen-bond acceptors (Lipinski definition) is 3. The molecule has 0 heterocycles. The zero-order chi connectivity index (χ0) is 9.90. The molecule has 1 fully saturated rings. The second kappa shape index (κ2) is 3.74. The van der Waals surface area contributed by atoms with E-state index in [1.54, 1.807) is 0 Å². The topological polar surface area (TPSA) is 78.4 Å². The van der Waals surface area contributed by atoms with E-state index < -0.39 is 11.5 Å². The van der Waals surface area contributed by atoms with Crippen LogP contribution < -0.4 is 10.6 Å². The summed E-state index contributed by atoms with van der Waals surface area (Å²) >= 11 is 0. The van der Waals surface area contributed by atoms with E-state index in [4.69, 9.17) is 5.11 Å². The molecule has 3 N–H and O–H groups in total. The van der Waals surface area contributed by atoms with Gasteiger partial charge in [0.25, 0.3) is 0 Å². The third-order valence-corrected chi connectivity index (χ3v) is 2.48. The number of carboxylic acid groups (broad SMARTS) is 1. The molecular weight excluding hydrogens is 172 g/mol. The average molecular weight is 186 g/mol. The van der Waals surface area contributed by atoms with Crippen LogP contribution in [-0.4, -0.2) is 36.1 Å². The first-order chi connectivity index (χ1) is 6.10. The maximum Gasteiger partial charge on any atom is 0.323 e. The minimum absolute atomic E-state index is 0.0722. The molecule has 74 valence electrons. The third-order valence-electron chi connectivity index (χ3n) is 2.48. The summed E-state index contributed by atoms with van der Waals surface area (Å²) < 4.78 is 0. The normalized spacial score (nSPS) is 18.8. The van der Waals surface area contributed by atoms with Gasteiger partial charge in [-0.25, -0.2) is 0 Å². The molecule has 1 amide bonds. The Bertz CT molecular complexity index is 223. The van der Waals surface area contributed by atoms with Crippen molar-refractivity contribution in [1.29, 1.82) is 0 Å². The highest BCUT2D eigenvalue weighted by atomic mass is 16.4. The molecule has 0 aliphatic heterocycles. The average Bonchev–Trinajstić information content (AvgIpc) is 2.01. The number of nitrogens with one attached hydrogen (secondary N) is 2. The molecule has 0 saturated heterocycles. The van der Waals surface area contributed by atoms with Gasteiger partial charge in [0.15, 0.2) is 0 Å². The number of amides is 1. The van der Waals surface area contributed by atoms with Crippen molar-refractivity contribution >= 4 is 11.9 Å². The highest BCUT2D eigenvalue weighted by Crippen LogP contribution is 2.31. The number of carboxylic acids is 1. The number of aliphatic carboxylic acids is 1. The Labute approximate surface area is 76.5 Å². The number of likely N-dealkylation sites (N-methyl/N-ethyl adjacent to an activating group) is 1. The van der Waals surface area contributed by atoms with E-state index >= 15 is 0 Å². The minimum atomic E-state index is -0.859. The van der Waals surface area contributed by atoms with Gasteiger partial charge in [0.05, 0.1) is 6.54 Å². The summed E-state index contributed by atoms with van der Waals surface area (Å²) in [5.74, 6) is -1.05. The Hall–Kier alpha value is -1.10. The lowest BCUT2D eigenvalue weighted by molar-refractivity contribution is -0.148. The van der Waals surface area contributed by atoms with Crippen molar-refractivity contribution in [3.63, 3.8) is 0 Å². The molecule has 1 saturated carbocycles. The molecule has 0 radical (unpaired) electrons. The molecule has 0 spiro atoms. The number of carbonyl (C=O) groups excluding carboxylic acids is 1. The van der Waals surface area contributed by atoms with Crippen molar-refractivity contribution in [2.75, 3.05) is 13.6 Å². The van der Waals surface area contributed by atoms with Crippen LogP contribution in [0.1, 0.15) is 19.3 Å².